The van der Waals surface area contributed by atoms with Crippen molar-refractivity contribution < 1.29 is 9.13 Å². The summed E-state index contributed by atoms with van der Waals surface area (Å²) in [6.07, 6.45) is 0. The molecule has 4 rings (SSSR count). The molecule has 120 valence electrons. The van der Waals surface area contributed by atoms with Crippen LogP contribution in [0.5, 0.6) is 5.75 Å². The van der Waals surface area contributed by atoms with Crippen LogP contribution in [0, 0.1) is 5.82 Å². The van der Waals surface area contributed by atoms with Crippen LogP contribution in [0.25, 0.3) is 31.8 Å². The third-order valence-corrected chi connectivity index (χ3v) is 6.13. The van der Waals surface area contributed by atoms with Crippen LogP contribution in [0.4, 0.5) is 4.39 Å². The Bertz CT molecular complexity index is 976. The van der Waals surface area contributed by atoms with E-state index in [2.05, 4.69) is 16.0 Å². The van der Waals surface area contributed by atoms with Gasteiger partial charge in [-0.05, 0) is 29.6 Å². The number of benzene rings is 1. The molecule has 0 spiro atoms. The number of hydrogen-bond donors (Lipinski definition) is 0. The number of thiophene rings is 1. The van der Waals surface area contributed by atoms with Crippen LogP contribution in [0.15, 0.2) is 46.5 Å². The Labute approximate surface area is 150 Å². The number of halogens is 1. The zero-order chi connectivity index (χ0) is 16.5. The second-order valence-electron chi connectivity index (χ2n) is 4.90. The van der Waals surface area contributed by atoms with Crippen molar-refractivity contribution in [2.24, 2.45) is 0 Å². The van der Waals surface area contributed by atoms with Gasteiger partial charge in [0.25, 0.3) is 0 Å². The lowest BCUT2D eigenvalue weighted by atomic mass is 10.1. The Hall–Kier alpha value is -2.09. The maximum atomic E-state index is 13.9. The Morgan fingerprint density at radius 2 is 1.71 bits per heavy atom. The van der Waals surface area contributed by atoms with Gasteiger partial charge in [0.05, 0.1) is 23.4 Å². The van der Waals surface area contributed by atoms with Crippen LogP contribution in [-0.4, -0.2) is 17.1 Å². The van der Waals surface area contributed by atoms with Gasteiger partial charge >= 0.3 is 0 Å². The molecule has 0 N–H and O–H groups in total. The summed E-state index contributed by atoms with van der Waals surface area (Å²) in [6, 6.07) is 8.92. The lowest BCUT2D eigenvalue weighted by Gasteiger charge is -2.02. The largest absolute Gasteiger partial charge is 0.494 e. The van der Waals surface area contributed by atoms with Gasteiger partial charge in [-0.1, -0.05) is 6.07 Å². The van der Waals surface area contributed by atoms with Crippen molar-refractivity contribution in [3.8, 4) is 37.6 Å². The normalized spacial score (nSPS) is 10.9. The summed E-state index contributed by atoms with van der Waals surface area (Å²) >= 11 is 4.74. The van der Waals surface area contributed by atoms with Gasteiger partial charge in [-0.2, -0.15) is 0 Å². The lowest BCUT2D eigenvalue weighted by molar-refractivity contribution is 0.386. The molecule has 3 heterocycles. The quantitative estimate of drug-likeness (QED) is 0.452. The van der Waals surface area contributed by atoms with Crippen LogP contribution >= 0.6 is 34.0 Å². The molecule has 0 saturated carbocycles. The molecule has 0 unspecified atom stereocenters. The van der Waals surface area contributed by atoms with E-state index in [1.54, 1.807) is 34.8 Å². The molecule has 0 atom stereocenters. The van der Waals surface area contributed by atoms with Crippen molar-refractivity contribution >= 4 is 34.0 Å². The van der Waals surface area contributed by atoms with E-state index in [1.165, 1.54) is 24.5 Å². The average molecular weight is 374 g/mol. The maximum absolute atomic E-state index is 13.9. The number of rotatable bonds is 4. The molecule has 24 heavy (non-hydrogen) atoms. The predicted octanol–water partition coefficient (Wildman–Crippen LogP) is 5.81. The summed E-state index contributed by atoms with van der Waals surface area (Å²) in [4.78, 5) is 10.4. The van der Waals surface area contributed by atoms with Crippen molar-refractivity contribution in [2.45, 2.75) is 0 Å². The van der Waals surface area contributed by atoms with Crippen LogP contribution < -0.4 is 4.74 Å². The highest BCUT2D eigenvalue weighted by molar-refractivity contribution is 7.20. The number of thiazole rings is 2. The smallest absolute Gasteiger partial charge is 0.165 e. The first kappa shape index (κ1) is 15.4. The monoisotopic (exact) mass is 374 g/mol. The highest BCUT2D eigenvalue weighted by Gasteiger charge is 2.13. The molecule has 3 aromatic heterocycles. The first-order valence-corrected chi connectivity index (χ1v) is 9.67. The highest BCUT2D eigenvalue weighted by atomic mass is 32.1. The van der Waals surface area contributed by atoms with Crippen LogP contribution in [-0.2, 0) is 0 Å². The first-order chi connectivity index (χ1) is 11.7. The van der Waals surface area contributed by atoms with Crippen LogP contribution in [0.2, 0.25) is 0 Å². The highest BCUT2D eigenvalue weighted by Crippen LogP contribution is 2.35. The topological polar surface area (TPSA) is 35.0 Å². The van der Waals surface area contributed by atoms with E-state index < -0.39 is 5.82 Å². The zero-order valence-electron chi connectivity index (χ0n) is 12.5. The van der Waals surface area contributed by atoms with Crippen molar-refractivity contribution in [1.82, 2.24) is 9.97 Å². The van der Waals surface area contributed by atoms with Gasteiger partial charge in [-0.15, -0.1) is 34.0 Å². The molecule has 0 radical (unpaired) electrons. The minimum Gasteiger partial charge on any atom is -0.494 e. The van der Waals surface area contributed by atoms with Gasteiger partial charge in [-0.3, -0.25) is 0 Å². The SMILES string of the molecule is COc1ccc(-c2csc(-c3nc(-c4cccs4)cs3)n2)cc1F. The second kappa shape index (κ2) is 6.43. The third kappa shape index (κ3) is 2.86. The fourth-order valence-corrected chi connectivity index (χ4v) is 4.70. The van der Waals surface area contributed by atoms with E-state index >= 15 is 0 Å². The summed E-state index contributed by atoms with van der Waals surface area (Å²) in [5, 5.41) is 7.71. The number of aromatic nitrogens is 2. The molecule has 0 aliphatic carbocycles. The summed E-state index contributed by atoms with van der Waals surface area (Å²) in [5.74, 6) is -0.159. The van der Waals surface area contributed by atoms with Crippen LogP contribution in [0.3, 0.4) is 0 Å². The average Bonchev–Trinajstić information content (AvgIpc) is 3.33. The molecular weight excluding hydrogens is 363 g/mol. The summed E-state index contributed by atoms with van der Waals surface area (Å²) in [5.41, 5.74) is 2.44. The summed E-state index contributed by atoms with van der Waals surface area (Å²) in [6.45, 7) is 0. The summed E-state index contributed by atoms with van der Waals surface area (Å²) in [7, 11) is 1.45. The minimum atomic E-state index is -0.390. The van der Waals surface area contributed by atoms with Crippen molar-refractivity contribution in [3.05, 3.63) is 52.3 Å². The Morgan fingerprint density at radius 1 is 0.958 bits per heavy atom. The predicted molar refractivity (Wildman–Crippen MR) is 98.5 cm³/mol. The van der Waals surface area contributed by atoms with Gasteiger partial charge in [0.1, 0.15) is 0 Å². The maximum Gasteiger partial charge on any atom is 0.165 e. The van der Waals surface area contributed by atoms with Gasteiger partial charge in [-0.25, -0.2) is 14.4 Å². The fourth-order valence-electron chi connectivity index (χ4n) is 2.24. The van der Waals surface area contributed by atoms with Gasteiger partial charge in [0, 0.05) is 16.3 Å². The molecule has 7 heteroatoms. The molecule has 4 aromatic rings. The van der Waals surface area contributed by atoms with E-state index in [-0.39, 0.29) is 5.75 Å². The molecule has 0 aliphatic heterocycles. The van der Waals surface area contributed by atoms with Crippen molar-refractivity contribution in [3.63, 3.8) is 0 Å². The molecule has 0 fully saturated rings. The molecule has 3 nitrogen and oxygen atoms in total. The number of nitrogens with zero attached hydrogens (tertiary/aromatic N) is 2. The van der Waals surface area contributed by atoms with Crippen molar-refractivity contribution in [2.75, 3.05) is 7.11 Å². The minimum absolute atomic E-state index is 0.231. The zero-order valence-corrected chi connectivity index (χ0v) is 15.0. The number of methoxy groups -OCH3 is 1. The Balaban J connectivity index is 1.64. The number of ether oxygens (including phenoxy) is 1. The van der Waals surface area contributed by atoms with E-state index in [0.717, 1.165) is 31.8 Å². The lowest BCUT2D eigenvalue weighted by Crippen LogP contribution is -1.88. The third-order valence-electron chi connectivity index (χ3n) is 3.41. The standard InChI is InChI=1S/C17H11FN2OS3/c1-21-14-5-4-10(7-11(14)18)12-8-23-16(19-12)17-20-13(9-24-17)15-3-2-6-22-15/h2-9H,1H3. The van der Waals surface area contributed by atoms with E-state index in [9.17, 15) is 4.39 Å². The number of hydrogen-bond acceptors (Lipinski definition) is 6. The molecular formula is C17H11FN2OS3. The van der Waals surface area contributed by atoms with Gasteiger partial charge in [0.15, 0.2) is 21.6 Å². The Kier molecular flexibility index (Phi) is 4.13. The van der Waals surface area contributed by atoms with Crippen LogP contribution in [0.1, 0.15) is 0 Å². The Morgan fingerprint density at radius 3 is 2.38 bits per heavy atom. The van der Waals surface area contributed by atoms with E-state index in [1.807, 2.05) is 22.2 Å². The molecule has 0 bridgehead atoms. The summed E-state index contributed by atoms with van der Waals surface area (Å²) < 4.78 is 18.8. The van der Waals surface area contributed by atoms with E-state index in [4.69, 9.17) is 4.74 Å². The van der Waals surface area contributed by atoms with Gasteiger partial charge < -0.3 is 4.74 Å². The molecule has 0 amide bonds. The molecule has 1 aromatic carbocycles. The fraction of sp³-hybridized carbons (Fsp3) is 0.0588. The second-order valence-corrected chi connectivity index (χ2v) is 7.57. The van der Waals surface area contributed by atoms with E-state index in [0.29, 0.717) is 0 Å². The molecule has 0 aliphatic rings. The van der Waals surface area contributed by atoms with Gasteiger partial charge in [0.2, 0.25) is 0 Å². The van der Waals surface area contributed by atoms with Crippen molar-refractivity contribution in [1.29, 1.82) is 0 Å². The molecule has 0 saturated heterocycles. The first-order valence-electron chi connectivity index (χ1n) is 7.04.